The fraction of sp³-hybridized carbons (Fsp3) is 0.227. The average Bonchev–Trinajstić information content (AvgIpc) is 2.73. The Balaban J connectivity index is 1.53. The molecule has 3 aromatic rings. The van der Waals surface area contributed by atoms with E-state index in [4.69, 9.17) is 4.74 Å². The quantitative estimate of drug-likeness (QED) is 0.555. The summed E-state index contributed by atoms with van der Waals surface area (Å²) in [5, 5.41) is 3.43. The smallest absolute Gasteiger partial charge is 0.387 e. The van der Waals surface area contributed by atoms with Crippen LogP contribution in [0.1, 0.15) is 19.0 Å². The normalized spacial score (nSPS) is 11.9. The van der Waals surface area contributed by atoms with Crippen molar-refractivity contribution in [1.82, 2.24) is 4.98 Å². The zero-order valence-corrected chi connectivity index (χ0v) is 16.2. The van der Waals surface area contributed by atoms with E-state index in [-0.39, 0.29) is 17.9 Å². The van der Waals surface area contributed by atoms with Gasteiger partial charge in [-0.3, -0.25) is 14.6 Å². The zero-order valence-electron chi connectivity index (χ0n) is 16.2. The first-order valence-corrected chi connectivity index (χ1v) is 9.31. The van der Waals surface area contributed by atoms with Gasteiger partial charge < -0.3 is 14.8 Å². The lowest BCUT2D eigenvalue weighted by molar-refractivity contribution is -0.153. The molecule has 1 N–H and O–H groups in total. The van der Waals surface area contributed by atoms with Crippen LogP contribution in [-0.4, -0.2) is 29.6 Å². The Morgan fingerprint density at radius 1 is 1.03 bits per heavy atom. The third-order valence-electron chi connectivity index (χ3n) is 4.28. The number of nitrogens with zero attached hydrogens (tertiary/aromatic N) is 1. The van der Waals surface area contributed by atoms with E-state index in [1.54, 1.807) is 6.07 Å². The van der Waals surface area contributed by atoms with Gasteiger partial charge in [-0.2, -0.15) is 8.78 Å². The number of hydrogen-bond acceptors (Lipinski definition) is 5. The van der Waals surface area contributed by atoms with Crippen molar-refractivity contribution in [3.63, 3.8) is 0 Å². The minimum atomic E-state index is -3.03. The number of nitrogens with one attached hydrogen (secondary N) is 1. The topological polar surface area (TPSA) is 77.5 Å². The van der Waals surface area contributed by atoms with Crippen LogP contribution in [0.5, 0.6) is 5.75 Å². The number of esters is 1. The molecule has 6 nitrogen and oxygen atoms in total. The Morgan fingerprint density at radius 2 is 1.77 bits per heavy atom. The first-order chi connectivity index (χ1) is 14.4. The fourth-order valence-corrected chi connectivity index (χ4v) is 2.79. The maximum Gasteiger partial charge on any atom is 0.387 e. The van der Waals surface area contributed by atoms with E-state index in [2.05, 4.69) is 15.0 Å². The number of ether oxygens (including phenoxy) is 2. The molecule has 1 aromatic heterocycles. The van der Waals surface area contributed by atoms with Gasteiger partial charge in [-0.15, -0.1) is 0 Å². The van der Waals surface area contributed by atoms with Crippen LogP contribution in [0.25, 0.3) is 10.9 Å². The second-order valence-electron chi connectivity index (χ2n) is 6.49. The number of benzene rings is 2. The van der Waals surface area contributed by atoms with Gasteiger partial charge >= 0.3 is 12.6 Å². The largest absolute Gasteiger partial charge is 0.453 e. The number of para-hydroxylation sites is 3. The molecule has 0 aliphatic carbocycles. The summed E-state index contributed by atoms with van der Waals surface area (Å²) in [7, 11) is 0. The summed E-state index contributed by atoms with van der Waals surface area (Å²) < 4.78 is 34.4. The van der Waals surface area contributed by atoms with Crippen LogP contribution in [-0.2, 0) is 20.7 Å². The van der Waals surface area contributed by atoms with Crippen molar-refractivity contribution in [2.24, 2.45) is 0 Å². The molecule has 30 heavy (non-hydrogen) atoms. The molecule has 2 aromatic carbocycles. The molecule has 0 spiro atoms. The third kappa shape index (κ3) is 5.73. The van der Waals surface area contributed by atoms with Gasteiger partial charge in [-0.05, 0) is 31.2 Å². The number of hydrogen-bond donors (Lipinski definition) is 1. The fourth-order valence-electron chi connectivity index (χ4n) is 2.79. The first-order valence-electron chi connectivity index (χ1n) is 9.31. The number of halogens is 2. The van der Waals surface area contributed by atoms with E-state index >= 15 is 0 Å². The highest BCUT2D eigenvalue weighted by Crippen LogP contribution is 2.25. The molecular weight excluding hydrogens is 394 g/mol. The Bertz CT molecular complexity index is 1040. The third-order valence-corrected chi connectivity index (χ3v) is 4.28. The number of alkyl halides is 2. The van der Waals surface area contributed by atoms with Crippen molar-refractivity contribution in [2.45, 2.75) is 32.5 Å². The number of amides is 1. The Morgan fingerprint density at radius 3 is 2.57 bits per heavy atom. The van der Waals surface area contributed by atoms with Crippen molar-refractivity contribution < 1.29 is 27.8 Å². The summed E-state index contributed by atoms with van der Waals surface area (Å²) in [6, 6.07) is 17.2. The van der Waals surface area contributed by atoms with Gasteiger partial charge in [-0.25, -0.2) is 0 Å². The van der Waals surface area contributed by atoms with Crippen LogP contribution >= 0.6 is 0 Å². The average molecular weight is 414 g/mol. The minimum absolute atomic E-state index is 0.0496. The number of anilines is 1. The molecule has 156 valence electrons. The number of pyridine rings is 1. The number of fused-ring (bicyclic) bond motifs is 1. The first kappa shape index (κ1) is 21.2. The lowest BCUT2D eigenvalue weighted by atomic mass is 10.1. The van der Waals surface area contributed by atoms with E-state index in [0.717, 1.165) is 16.6 Å². The second-order valence-corrected chi connectivity index (χ2v) is 6.49. The van der Waals surface area contributed by atoms with Gasteiger partial charge in [-0.1, -0.05) is 36.4 Å². The highest BCUT2D eigenvalue weighted by Gasteiger charge is 2.20. The highest BCUT2D eigenvalue weighted by atomic mass is 19.3. The van der Waals surface area contributed by atoms with Gasteiger partial charge in [0.25, 0.3) is 5.91 Å². The van der Waals surface area contributed by atoms with Crippen molar-refractivity contribution in [1.29, 1.82) is 0 Å². The molecule has 0 saturated carbocycles. The molecule has 8 heteroatoms. The van der Waals surface area contributed by atoms with Crippen molar-refractivity contribution in [3.8, 4) is 5.75 Å². The van der Waals surface area contributed by atoms with E-state index in [1.165, 1.54) is 25.1 Å². The van der Waals surface area contributed by atoms with Crippen molar-refractivity contribution in [3.05, 3.63) is 66.4 Å². The van der Waals surface area contributed by atoms with Gasteiger partial charge in [0.15, 0.2) is 6.10 Å². The second kappa shape index (κ2) is 9.78. The lowest BCUT2D eigenvalue weighted by Gasteiger charge is -2.15. The monoisotopic (exact) mass is 414 g/mol. The van der Waals surface area contributed by atoms with Gasteiger partial charge in [0.05, 0.1) is 17.6 Å². The van der Waals surface area contributed by atoms with Crippen LogP contribution in [0.15, 0.2) is 60.7 Å². The zero-order chi connectivity index (χ0) is 21.5. The van der Waals surface area contributed by atoms with Crippen LogP contribution in [0.3, 0.4) is 0 Å². The molecule has 0 radical (unpaired) electrons. The molecule has 3 rings (SSSR count). The maximum atomic E-state index is 12.5. The van der Waals surface area contributed by atoms with Crippen molar-refractivity contribution in [2.75, 3.05) is 5.32 Å². The molecule has 1 heterocycles. The number of rotatable bonds is 8. The van der Waals surface area contributed by atoms with Crippen molar-refractivity contribution >= 4 is 28.5 Å². The molecule has 1 amide bonds. The molecule has 0 aliphatic rings. The summed E-state index contributed by atoms with van der Waals surface area (Å²) in [5.41, 5.74) is 1.63. The number of aryl methyl sites for hydroxylation is 1. The number of aromatic nitrogens is 1. The standard InChI is InChI=1S/C22H20F2N2O4/c1-14(21(28)26-18-8-4-5-9-19(18)30-22(23)24)29-20(27)13-12-16-11-10-15-6-2-3-7-17(15)25-16/h2-11,14,22H,12-13H2,1H3,(H,26,28). The molecular formula is C22H20F2N2O4. The summed E-state index contributed by atoms with van der Waals surface area (Å²) in [4.78, 5) is 28.9. The van der Waals surface area contributed by atoms with E-state index in [9.17, 15) is 18.4 Å². The summed E-state index contributed by atoms with van der Waals surface area (Å²) in [6.07, 6.45) is -0.696. The predicted octanol–water partition coefficient (Wildman–Crippen LogP) is 4.34. The molecule has 1 unspecified atom stereocenters. The van der Waals surface area contributed by atoms with Gasteiger partial charge in [0.2, 0.25) is 0 Å². The van der Waals surface area contributed by atoms with Crippen LogP contribution in [0, 0.1) is 0 Å². The van der Waals surface area contributed by atoms with E-state index in [0.29, 0.717) is 6.42 Å². The number of carbonyl (C=O) groups is 2. The Hall–Kier alpha value is -3.55. The molecule has 0 saturated heterocycles. The van der Waals surface area contributed by atoms with Crippen LogP contribution in [0.2, 0.25) is 0 Å². The summed E-state index contributed by atoms with van der Waals surface area (Å²) in [5.74, 6) is -1.40. The van der Waals surface area contributed by atoms with Crippen LogP contribution in [0.4, 0.5) is 14.5 Å². The molecule has 1 atom stereocenters. The summed E-state index contributed by atoms with van der Waals surface area (Å²) >= 11 is 0. The SMILES string of the molecule is CC(OC(=O)CCc1ccc2ccccc2n1)C(=O)Nc1ccccc1OC(F)F. The van der Waals surface area contributed by atoms with E-state index in [1.807, 2.05) is 36.4 Å². The molecule has 0 bridgehead atoms. The Kier molecular flexibility index (Phi) is 6.90. The van der Waals surface area contributed by atoms with Gasteiger partial charge in [0.1, 0.15) is 5.75 Å². The predicted molar refractivity (Wildman–Crippen MR) is 107 cm³/mol. The highest BCUT2D eigenvalue weighted by molar-refractivity contribution is 5.96. The van der Waals surface area contributed by atoms with Gasteiger partial charge in [0, 0.05) is 17.5 Å². The van der Waals surface area contributed by atoms with Crippen LogP contribution < -0.4 is 10.1 Å². The molecule has 0 fully saturated rings. The Labute approximate surface area is 171 Å². The van der Waals surface area contributed by atoms with E-state index < -0.39 is 24.6 Å². The lowest BCUT2D eigenvalue weighted by Crippen LogP contribution is -2.30. The summed E-state index contributed by atoms with van der Waals surface area (Å²) in [6.45, 7) is -1.63. The minimum Gasteiger partial charge on any atom is -0.453 e. The maximum absolute atomic E-state index is 12.5. The molecule has 0 aliphatic heterocycles. The number of carbonyl (C=O) groups excluding carboxylic acids is 2.